The van der Waals surface area contributed by atoms with Crippen molar-refractivity contribution in [1.82, 2.24) is 4.98 Å². The standard InChI is InChI=1S/C13H16N2O/c1-8(2)12-7-15-13(16-12)11-6-10(14)5-4-9(11)3/h4-8H,14H2,1-3H3. The average molecular weight is 216 g/mol. The lowest BCUT2D eigenvalue weighted by atomic mass is 10.1. The molecule has 3 heteroatoms. The average Bonchev–Trinajstić information content (AvgIpc) is 2.70. The third-order valence-electron chi connectivity index (χ3n) is 2.58. The molecule has 0 amide bonds. The van der Waals surface area contributed by atoms with Crippen LogP contribution in [0, 0.1) is 6.92 Å². The van der Waals surface area contributed by atoms with E-state index in [9.17, 15) is 0 Å². The number of nitrogens with zero attached hydrogens (tertiary/aromatic N) is 1. The molecule has 0 aliphatic rings. The first kappa shape index (κ1) is 10.7. The summed E-state index contributed by atoms with van der Waals surface area (Å²) >= 11 is 0. The Morgan fingerprint density at radius 2 is 2.06 bits per heavy atom. The summed E-state index contributed by atoms with van der Waals surface area (Å²) in [6, 6.07) is 5.75. The van der Waals surface area contributed by atoms with Crippen LogP contribution in [0.25, 0.3) is 11.5 Å². The van der Waals surface area contributed by atoms with Gasteiger partial charge in [-0.1, -0.05) is 19.9 Å². The second-order valence-electron chi connectivity index (χ2n) is 4.30. The molecular weight excluding hydrogens is 200 g/mol. The molecule has 84 valence electrons. The minimum absolute atomic E-state index is 0.350. The van der Waals surface area contributed by atoms with Crippen molar-refractivity contribution in [2.75, 3.05) is 5.73 Å². The third kappa shape index (κ3) is 1.94. The molecule has 0 bridgehead atoms. The van der Waals surface area contributed by atoms with Gasteiger partial charge in [-0.15, -0.1) is 0 Å². The Morgan fingerprint density at radius 1 is 1.31 bits per heavy atom. The summed E-state index contributed by atoms with van der Waals surface area (Å²) in [5.41, 5.74) is 8.57. The molecule has 0 saturated carbocycles. The Morgan fingerprint density at radius 3 is 2.69 bits per heavy atom. The van der Waals surface area contributed by atoms with Gasteiger partial charge in [0.05, 0.1) is 6.20 Å². The molecule has 0 atom stereocenters. The lowest BCUT2D eigenvalue weighted by Gasteiger charge is -2.03. The lowest BCUT2D eigenvalue weighted by Crippen LogP contribution is -1.88. The van der Waals surface area contributed by atoms with Gasteiger partial charge in [0, 0.05) is 17.2 Å². The number of nitrogen functional groups attached to an aromatic ring is 1. The van der Waals surface area contributed by atoms with E-state index in [1.54, 1.807) is 6.20 Å². The summed E-state index contributed by atoms with van der Waals surface area (Å²) in [7, 11) is 0. The summed E-state index contributed by atoms with van der Waals surface area (Å²) in [6.45, 7) is 6.18. The molecule has 1 heterocycles. The third-order valence-corrected chi connectivity index (χ3v) is 2.58. The monoisotopic (exact) mass is 216 g/mol. The quantitative estimate of drug-likeness (QED) is 0.783. The summed E-state index contributed by atoms with van der Waals surface area (Å²) in [5, 5.41) is 0. The topological polar surface area (TPSA) is 52.0 Å². The predicted molar refractivity (Wildman–Crippen MR) is 65.2 cm³/mol. The van der Waals surface area contributed by atoms with Gasteiger partial charge in [-0.25, -0.2) is 4.98 Å². The SMILES string of the molecule is Cc1ccc(N)cc1-c1ncc(C(C)C)o1. The van der Waals surface area contributed by atoms with Gasteiger partial charge in [0.15, 0.2) is 0 Å². The van der Waals surface area contributed by atoms with Crippen molar-refractivity contribution in [2.45, 2.75) is 26.7 Å². The van der Waals surface area contributed by atoms with Gasteiger partial charge in [0.1, 0.15) is 5.76 Å². The fourth-order valence-electron chi connectivity index (χ4n) is 1.55. The minimum atomic E-state index is 0.350. The summed E-state index contributed by atoms with van der Waals surface area (Å²) in [6.07, 6.45) is 1.78. The molecule has 0 aliphatic heterocycles. The molecule has 3 nitrogen and oxygen atoms in total. The molecule has 0 aliphatic carbocycles. The molecule has 0 saturated heterocycles. The second kappa shape index (κ2) is 4.00. The zero-order valence-electron chi connectivity index (χ0n) is 9.82. The number of aryl methyl sites for hydroxylation is 1. The largest absolute Gasteiger partial charge is 0.441 e. The maximum Gasteiger partial charge on any atom is 0.226 e. The van der Waals surface area contributed by atoms with Gasteiger partial charge in [0.2, 0.25) is 5.89 Å². The first-order valence-electron chi connectivity index (χ1n) is 5.40. The first-order chi connectivity index (χ1) is 7.58. The Labute approximate surface area is 95.3 Å². The number of nitrogens with two attached hydrogens (primary N) is 1. The van der Waals surface area contributed by atoms with Crippen molar-refractivity contribution >= 4 is 5.69 Å². The molecule has 2 rings (SSSR count). The zero-order valence-corrected chi connectivity index (χ0v) is 9.82. The van der Waals surface area contributed by atoms with Gasteiger partial charge in [0.25, 0.3) is 0 Å². The van der Waals surface area contributed by atoms with Crippen LogP contribution in [0.15, 0.2) is 28.8 Å². The van der Waals surface area contributed by atoms with Crippen LogP contribution in [-0.4, -0.2) is 4.98 Å². The molecule has 16 heavy (non-hydrogen) atoms. The van der Waals surface area contributed by atoms with E-state index in [0.717, 1.165) is 22.6 Å². The van der Waals surface area contributed by atoms with Crippen molar-refractivity contribution in [3.63, 3.8) is 0 Å². The van der Waals surface area contributed by atoms with Gasteiger partial charge in [-0.2, -0.15) is 0 Å². The first-order valence-corrected chi connectivity index (χ1v) is 5.40. The molecule has 2 aromatic rings. The van der Waals surface area contributed by atoms with Gasteiger partial charge in [-0.05, 0) is 24.6 Å². The normalized spacial score (nSPS) is 11.0. The molecular formula is C13H16N2O. The molecule has 2 N–H and O–H groups in total. The number of oxazole rings is 1. The van der Waals surface area contributed by atoms with E-state index in [-0.39, 0.29) is 0 Å². The number of benzene rings is 1. The lowest BCUT2D eigenvalue weighted by molar-refractivity contribution is 0.495. The van der Waals surface area contributed by atoms with Gasteiger partial charge >= 0.3 is 0 Å². The predicted octanol–water partition coefficient (Wildman–Crippen LogP) is 3.36. The molecule has 0 radical (unpaired) electrons. The van der Waals surface area contributed by atoms with E-state index in [1.807, 2.05) is 25.1 Å². The van der Waals surface area contributed by atoms with Crippen LogP contribution in [0.1, 0.15) is 31.1 Å². The van der Waals surface area contributed by atoms with Crippen molar-refractivity contribution in [3.8, 4) is 11.5 Å². The maximum atomic E-state index is 5.76. The van der Waals surface area contributed by atoms with E-state index in [2.05, 4.69) is 18.8 Å². The van der Waals surface area contributed by atoms with Crippen LogP contribution >= 0.6 is 0 Å². The van der Waals surface area contributed by atoms with E-state index in [4.69, 9.17) is 10.2 Å². The van der Waals surface area contributed by atoms with Crippen molar-refractivity contribution in [1.29, 1.82) is 0 Å². The maximum absolute atomic E-state index is 5.76. The number of aromatic nitrogens is 1. The highest BCUT2D eigenvalue weighted by molar-refractivity contribution is 5.64. The highest BCUT2D eigenvalue weighted by atomic mass is 16.4. The molecule has 1 aromatic carbocycles. The number of hydrogen-bond donors (Lipinski definition) is 1. The number of anilines is 1. The van der Waals surface area contributed by atoms with Crippen molar-refractivity contribution in [3.05, 3.63) is 35.7 Å². The summed E-state index contributed by atoms with van der Waals surface area (Å²) in [5.74, 6) is 1.90. The Bertz CT molecular complexity index is 500. The number of rotatable bonds is 2. The summed E-state index contributed by atoms with van der Waals surface area (Å²) < 4.78 is 5.70. The Balaban J connectivity index is 2.46. The van der Waals surface area contributed by atoms with E-state index in [0.29, 0.717) is 11.8 Å². The number of hydrogen-bond acceptors (Lipinski definition) is 3. The van der Waals surface area contributed by atoms with Crippen LogP contribution in [-0.2, 0) is 0 Å². The van der Waals surface area contributed by atoms with E-state index >= 15 is 0 Å². The molecule has 0 fully saturated rings. The van der Waals surface area contributed by atoms with Crippen LogP contribution in [0.3, 0.4) is 0 Å². The zero-order chi connectivity index (χ0) is 11.7. The van der Waals surface area contributed by atoms with Crippen molar-refractivity contribution < 1.29 is 4.42 Å². The smallest absolute Gasteiger partial charge is 0.226 e. The Hall–Kier alpha value is -1.77. The molecule has 1 aromatic heterocycles. The van der Waals surface area contributed by atoms with Gasteiger partial charge in [-0.3, -0.25) is 0 Å². The van der Waals surface area contributed by atoms with Crippen LogP contribution in [0.2, 0.25) is 0 Å². The Kier molecular flexibility index (Phi) is 2.69. The minimum Gasteiger partial charge on any atom is -0.441 e. The molecule has 0 spiro atoms. The van der Waals surface area contributed by atoms with E-state index < -0.39 is 0 Å². The van der Waals surface area contributed by atoms with Crippen LogP contribution < -0.4 is 5.73 Å². The fourth-order valence-corrected chi connectivity index (χ4v) is 1.55. The molecule has 0 unspecified atom stereocenters. The van der Waals surface area contributed by atoms with Crippen LogP contribution in [0.4, 0.5) is 5.69 Å². The highest BCUT2D eigenvalue weighted by Gasteiger charge is 2.11. The summed E-state index contributed by atoms with van der Waals surface area (Å²) in [4.78, 5) is 4.29. The van der Waals surface area contributed by atoms with Crippen LogP contribution in [0.5, 0.6) is 0 Å². The van der Waals surface area contributed by atoms with Gasteiger partial charge < -0.3 is 10.2 Å². The highest BCUT2D eigenvalue weighted by Crippen LogP contribution is 2.27. The van der Waals surface area contributed by atoms with E-state index in [1.165, 1.54) is 0 Å². The van der Waals surface area contributed by atoms with Crippen molar-refractivity contribution in [2.24, 2.45) is 0 Å². The fraction of sp³-hybridized carbons (Fsp3) is 0.308. The second-order valence-corrected chi connectivity index (χ2v) is 4.30.